The van der Waals surface area contributed by atoms with Gasteiger partial charge in [-0.15, -0.1) is 0 Å². The van der Waals surface area contributed by atoms with Crippen molar-refractivity contribution in [3.8, 4) is 5.75 Å². The van der Waals surface area contributed by atoms with E-state index in [1.807, 2.05) is 0 Å². The maximum atomic E-state index is 12.2. The summed E-state index contributed by atoms with van der Waals surface area (Å²) in [5, 5.41) is 9.23. The molecule has 0 saturated carbocycles. The lowest BCUT2D eigenvalue weighted by Gasteiger charge is -2.06. The first kappa shape index (κ1) is 14.1. The fraction of sp³-hybridized carbons (Fsp3) is 0.154. The molecule has 6 nitrogen and oxygen atoms in total. The molecule has 0 saturated heterocycles. The van der Waals surface area contributed by atoms with E-state index in [1.54, 1.807) is 0 Å². The number of aromatic nitrogens is 1. The smallest absolute Gasteiger partial charge is 0.287 e. The lowest BCUT2D eigenvalue weighted by molar-refractivity contribution is 0.174. The molecule has 0 aliphatic carbocycles. The summed E-state index contributed by atoms with van der Waals surface area (Å²) in [7, 11) is -2.17. The van der Waals surface area contributed by atoms with Gasteiger partial charge < -0.3 is 9.94 Å². The lowest BCUT2D eigenvalue weighted by Crippen LogP contribution is -2.22. The molecule has 0 aliphatic rings. The van der Waals surface area contributed by atoms with E-state index in [1.165, 1.54) is 43.5 Å². The molecule has 0 spiro atoms. The second kappa shape index (κ2) is 5.38. The van der Waals surface area contributed by atoms with Crippen molar-refractivity contribution in [1.82, 2.24) is 4.73 Å². The molecule has 0 atom stereocenters. The summed E-state index contributed by atoms with van der Waals surface area (Å²) in [6.07, 6.45) is 1.14. The van der Waals surface area contributed by atoms with Gasteiger partial charge >= 0.3 is 0 Å². The normalized spacial score (nSPS) is 11.2. The zero-order chi connectivity index (χ0) is 14.8. The molecule has 1 aromatic heterocycles. The van der Waals surface area contributed by atoms with Crippen LogP contribution in [0.4, 0.5) is 0 Å². The molecule has 0 bridgehead atoms. The molecular formula is C13H13NO5S. The number of rotatable bonds is 4. The van der Waals surface area contributed by atoms with E-state index in [0.29, 0.717) is 10.5 Å². The molecule has 0 unspecified atom stereocenters. The standard InChI is InChI=1S/C13H13NO5S/c1-19-11-4-6-12(7-5-11)20(17,18)9-10-3-2-8-14(16)13(10)15/h2-8,16H,9H2,1H3. The van der Waals surface area contributed by atoms with Gasteiger partial charge in [-0.05, 0) is 30.3 Å². The number of hydrogen-bond donors (Lipinski definition) is 1. The van der Waals surface area contributed by atoms with Crippen molar-refractivity contribution in [3.05, 3.63) is 58.5 Å². The second-order valence-electron chi connectivity index (χ2n) is 4.12. The van der Waals surface area contributed by atoms with Gasteiger partial charge in [-0.3, -0.25) is 4.79 Å². The Hall–Kier alpha value is -2.28. The van der Waals surface area contributed by atoms with Crippen molar-refractivity contribution < 1.29 is 18.4 Å². The molecule has 1 N–H and O–H groups in total. The van der Waals surface area contributed by atoms with E-state index in [9.17, 15) is 18.4 Å². The SMILES string of the molecule is COc1ccc(S(=O)(=O)Cc2cccn(O)c2=O)cc1. The predicted molar refractivity (Wildman–Crippen MR) is 71.8 cm³/mol. The highest BCUT2D eigenvalue weighted by molar-refractivity contribution is 7.90. The van der Waals surface area contributed by atoms with E-state index in [4.69, 9.17) is 4.74 Å². The second-order valence-corrected chi connectivity index (χ2v) is 6.11. The summed E-state index contributed by atoms with van der Waals surface area (Å²) in [5.74, 6) is 0.0703. The fourth-order valence-corrected chi connectivity index (χ4v) is 3.05. The van der Waals surface area contributed by atoms with Crippen LogP contribution in [0.2, 0.25) is 0 Å². The maximum absolute atomic E-state index is 12.2. The number of methoxy groups -OCH3 is 1. The summed E-state index contributed by atoms with van der Waals surface area (Å²) >= 11 is 0. The van der Waals surface area contributed by atoms with Crippen LogP contribution in [0.15, 0.2) is 52.3 Å². The van der Waals surface area contributed by atoms with Crippen molar-refractivity contribution in [2.75, 3.05) is 7.11 Å². The molecule has 1 heterocycles. The highest BCUT2D eigenvalue weighted by atomic mass is 32.2. The molecule has 2 rings (SSSR count). The largest absolute Gasteiger partial charge is 0.497 e. The first-order valence-electron chi connectivity index (χ1n) is 5.70. The number of pyridine rings is 1. The van der Waals surface area contributed by atoms with Gasteiger partial charge in [0.05, 0.1) is 17.8 Å². The van der Waals surface area contributed by atoms with Gasteiger partial charge in [-0.2, -0.15) is 4.73 Å². The van der Waals surface area contributed by atoms with Gasteiger partial charge in [0.2, 0.25) is 0 Å². The Balaban J connectivity index is 2.35. The van der Waals surface area contributed by atoms with Crippen LogP contribution in [0, 0.1) is 0 Å². The van der Waals surface area contributed by atoms with Crippen molar-refractivity contribution in [1.29, 1.82) is 0 Å². The van der Waals surface area contributed by atoms with Crippen molar-refractivity contribution in [2.24, 2.45) is 0 Å². The number of ether oxygens (including phenoxy) is 1. The predicted octanol–water partition coefficient (Wildman–Crippen LogP) is 1.07. The average molecular weight is 295 g/mol. The van der Waals surface area contributed by atoms with E-state index >= 15 is 0 Å². The summed E-state index contributed by atoms with van der Waals surface area (Å²) in [4.78, 5) is 11.7. The van der Waals surface area contributed by atoms with Crippen LogP contribution in [-0.2, 0) is 15.6 Å². The molecule has 0 aliphatic heterocycles. The third-order valence-corrected chi connectivity index (χ3v) is 4.45. The Kier molecular flexibility index (Phi) is 3.80. The fourth-order valence-electron chi connectivity index (χ4n) is 1.71. The molecule has 0 fully saturated rings. The average Bonchev–Trinajstić information content (AvgIpc) is 2.44. The Labute approximate surface area is 115 Å². The van der Waals surface area contributed by atoms with Crippen molar-refractivity contribution in [2.45, 2.75) is 10.6 Å². The molecule has 20 heavy (non-hydrogen) atoms. The van der Waals surface area contributed by atoms with Crippen molar-refractivity contribution in [3.63, 3.8) is 0 Å². The zero-order valence-corrected chi connectivity index (χ0v) is 11.5. The van der Waals surface area contributed by atoms with Gasteiger partial charge in [0.1, 0.15) is 5.75 Å². The first-order chi connectivity index (χ1) is 9.44. The minimum atomic E-state index is -3.66. The topological polar surface area (TPSA) is 85.6 Å². The van der Waals surface area contributed by atoms with E-state index in [0.717, 1.165) is 6.20 Å². The molecular weight excluding hydrogens is 282 g/mol. The summed E-state index contributed by atoms with van der Waals surface area (Å²) < 4.78 is 29.7. The van der Waals surface area contributed by atoms with Crippen LogP contribution in [0.3, 0.4) is 0 Å². The minimum absolute atomic E-state index is 0.00539. The molecule has 106 valence electrons. The number of benzene rings is 1. The molecule has 1 aromatic carbocycles. The zero-order valence-electron chi connectivity index (χ0n) is 10.7. The Morgan fingerprint density at radius 3 is 2.45 bits per heavy atom. The Morgan fingerprint density at radius 2 is 1.85 bits per heavy atom. The Bertz CT molecular complexity index is 762. The van der Waals surface area contributed by atoms with E-state index < -0.39 is 21.1 Å². The quantitative estimate of drug-likeness (QED) is 0.853. The van der Waals surface area contributed by atoms with Crippen LogP contribution >= 0.6 is 0 Å². The van der Waals surface area contributed by atoms with Gasteiger partial charge in [-0.1, -0.05) is 6.07 Å². The van der Waals surface area contributed by atoms with Gasteiger partial charge in [0.25, 0.3) is 5.56 Å². The van der Waals surface area contributed by atoms with Crippen LogP contribution in [0.25, 0.3) is 0 Å². The highest BCUT2D eigenvalue weighted by Gasteiger charge is 2.18. The molecule has 0 radical (unpaired) electrons. The van der Waals surface area contributed by atoms with Crippen molar-refractivity contribution >= 4 is 9.84 Å². The van der Waals surface area contributed by atoms with E-state index in [-0.39, 0.29) is 10.5 Å². The summed E-state index contributed by atoms with van der Waals surface area (Å²) in [5.41, 5.74) is -0.740. The first-order valence-corrected chi connectivity index (χ1v) is 7.36. The lowest BCUT2D eigenvalue weighted by atomic mass is 10.3. The number of hydrogen-bond acceptors (Lipinski definition) is 5. The molecule has 0 amide bonds. The van der Waals surface area contributed by atoms with Crippen LogP contribution in [-0.4, -0.2) is 25.5 Å². The van der Waals surface area contributed by atoms with Gasteiger partial charge in [0.15, 0.2) is 9.84 Å². The number of sulfone groups is 1. The van der Waals surface area contributed by atoms with Crippen LogP contribution < -0.4 is 10.3 Å². The molecule has 2 aromatic rings. The summed E-state index contributed by atoms with van der Waals surface area (Å²) in [6.45, 7) is 0. The number of nitrogens with zero attached hydrogens (tertiary/aromatic N) is 1. The third kappa shape index (κ3) is 2.83. The third-order valence-electron chi connectivity index (χ3n) is 2.77. The Morgan fingerprint density at radius 1 is 1.20 bits per heavy atom. The molecule has 7 heteroatoms. The van der Waals surface area contributed by atoms with Crippen LogP contribution in [0.5, 0.6) is 5.75 Å². The minimum Gasteiger partial charge on any atom is -0.497 e. The van der Waals surface area contributed by atoms with Gasteiger partial charge in [-0.25, -0.2) is 8.42 Å². The summed E-state index contributed by atoms with van der Waals surface area (Å²) in [6, 6.07) is 8.66. The van der Waals surface area contributed by atoms with Gasteiger partial charge in [0, 0.05) is 11.8 Å². The van der Waals surface area contributed by atoms with E-state index in [2.05, 4.69) is 0 Å². The maximum Gasteiger partial charge on any atom is 0.287 e. The van der Waals surface area contributed by atoms with Crippen LogP contribution in [0.1, 0.15) is 5.56 Å². The monoisotopic (exact) mass is 295 g/mol. The highest BCUT2D eigenvalue weighted by Crippen LogP contribution is 2.18.